The number of ketones is 1. The van der Waals surface area contributed by atoms with Crippen LogP contribution >= 0.6 is 0 Å². The lowest BCUT2D eigenvalue weighted by atomic mass is 9.93. The van der Waals surface area contributed by atoms with Gasteiger partial charge in [0.2, 0.25) is 0 Å². The first kappa shape index (κ1) is 14.2. The summed E-state index contributed by atoms with van der Waals surface area (Å²) >= 11 is 0. The largest absolute Gasteiger partial charge is 0.504 e. The zero-order valence-corrected chi connectivity index (χ0v) is 11.7. The fraction of sp³-hybridized carbons (Fsp3) is 0.188. The maximum Gasteiger partial charge on any atom is 0.199 e. The van der Waals surface area contributed by atoms with Crippen LogP contribution in [0.25, 0.3) is 0 Å². The van der Waals surface area contributed by atoms with E-state index in [1.807, 2.05) is 0 Å². The fourth-order valence-electron chi connectivity index (χ4n) is 2.44. The van der Waals surface area contributed by atoms with Gasteiger partial charge in [0.15, 0.2) is 29.5 Å². The molecule has 1 aliphatic rings. The predicted molar refractivity (Wildman–Crippen MR) is 76.5 cm³/mol. The Labute approximate surface area is 126 Å². The van der Waals surface area contributed by atoms with Gasteiger partial charge in [0, 0.05) is 11.6 Å². The first-order valence-corrected chi connectivity index (χ1v) is 6.60. The Hall–Kier alpha value is -2.73. The van der Waals surface area contributed by atoms with E-state index in [0.29, 0.717) is 5.75 Å². The number of carbonyl (C=O) groups excluding carboxylic acids is 1. The van der Waals surface area contributed by atoms with Crippen LogP contribution in [0, 0.1) is 0 Å². The molecule has 0 radical (unpaired) electrons. The normalized spacial score (nSPS) is 20.2. The molecule has 3 N–H and O–H groups in total. The smallest absolute Gasteiger partial charge is 0.199 e. The molecule has 2 atom stereocenters. The standard InChI is InChI=1S/C16H14O6/c1-21-8-5-6-9-12(7-8)22-16(15(20)14(9)19)10-3-2-4-11(17)13(10)18/h2-7,15-18,20H,1H3/t15-,16+/m0/s1. The third-order valence-corrected chi connectivity index (χ3v) is 3.62. The summed E-state index contributed by atoms with van der Waals surface area (Å²) in [6.45, 7) is 0. The van der Waals surface area contributed by atoms with Crippen LogP contribution < -0.4 is 9.47 Å². The van der Waals surface area contributed by atoms with Crippen LogP contribution in [0.1, 0.15) is 22.0 Å². The third-order valence-electron chi connectivity index (χ3n) is 3.62. The Kier molecular flexibility index (Phi) is 3.38. The van der Waals surface area contributed by atoms with E-state index >= 15 is 0 Å². The molecule has 6 nitrogen and oxygen atoms in total. The first-order chi connectivity index (χ1) is 10.5. The Bertz CT molecular complexity index is 739. The molecule has 2 aromatic rings. The lowest BCUT2D eigenvalue weighted by Gasteiger charge is -2.30. The summed E-state index contributed by atoms with van der Waals surface area (Å²) < 4.78 is 10.7. The molecule has 22 heavy (non-hydrogen) atoms. The molecular formula is C16H14O6. The number of methoxy groups -OCH3 is 1. The van der Waals surface area contributed by atoms with Gasteiger partial charge in [0.1, 0.15) is 11.5 Å². The average Bonchev–Trinajstić information content (AvgIpc) is 2.53. The molecule has 2 aromatic carbocycles. The highest BCUT2D eigenvalue weighted by Crippen LogP contribution is 2.41. The van der Waals surface area contributed by atoms with Crippen LogP contribution in [-0.4, -0.2) is 34.3 Å². The summed E-state index contributed by atoms with van der Waals surface area (Å²) in [6, 6.07) is 8.91. The number of phenols is 2. The topological polar surface area (TPSA) is 96.2 Å². The minimum Gasteiger partial charge on any atom is -0.504 e. The summed E-state index contributed by atoms with van der Waals surface area (Å²) in [7, 11) is 1.49. The van der Waals surface area contributed by atoms with E-state index in [4.69, 9.17) is 9.47 Å². The fourth-order valence-corrected chi connectivity index (χ4v) is 2.44. The minimum absolute atomic E-state index is 0.134. The van der Waals surface area contributed by atoms with Gasteiger partial charge in [-0.05, 0) is 18.2 Å². The molecule has 114 valence electrons. The zero-order valence-electron chi connectivity index (χ0n) is 11.7. The number of rotatable bonds is 2. The van der Waals surface area contributed by atoms with Crippen molar-refractivity contribution in [2.75, 3.05) is 7.11 Å². The van der Waals surface area contributed by atoms with Gasteiger partial charge in [-0.3, -0.25) is 4.79 Å². The molecule has 0 amide bonds. The van der Waals surface area contributed by atoms with E-state index in [9.17, 15) is 20.1 Å². The van der Waals surface area contributed by atoms with Crippen LogP contribution in [0.2, 0.25) is 0 Å². The highest BCUT2D eigenvalue weighted by atomic mass is 16.5. The van der Waals surface area contributed by atoms with Crippen molar-refractivity contribution >= 4 is 5.78 Å². The molecule has 6 heteroatoms. The van der Waals surface area contributed by atoms with E-state index in [-0.39, 0.29) is 22.6 Å². The lowest BCUT2D eigenvalue weighted by molar-refractivity contribution is 0.0207. The van der Waals surface area contributed by atoms with Crippen molar-refractivity contribution in [1.29, 1.82) is 0 Å². The monoisotopic (exact) mass is 302 g/mol. The molecule has 0 saturated carbocycles. The van der Waals surface area contributed by atoms with Crippen LogP contribution in [-0.2, 0) is 0 Å². The molecule has 0 aliphatic carbocycles. The Morgan fingerprint density at radius 1 is 1.18 bits per heavy atom. The molecule has 0 bridgehead atoms. The van der Waals surface area contributed by atoms with Crippen LogP contribution in [0.4, 0.5) is 0 Å². The molecule has 0 saturated heterocycles. The number of hydrogen-bond acceptors (Lipinski definition) is 6. The number of aliphatic hydroxyl groups is 1. The highest BCUT2D eigenvalue weighted by molar-refractivity contribution is 6.03. The van der Waals surface area contributed by atoms with Gasteiger partial charge >= 0.3 is 0 Å². The third kappa shape index (κ3) is 2.14. The van der Waals surface area contributed by atoms with Gasteiger partial charge in [0.05, 0.1) is 12.7 Å². The van der Waals surface area contributed by atoms with Gasteiger partial charge in [-0.1, -0.05) is 12.1 Å². The van der Waals surface area contributed by atoms with Crippen LogP contribution in [0.5, 0.6) is 23.0 Å². The van der Waals surface area contributed by atoms with E-state index in [2.05, 4.69) is 0 Å². The number of Topliss-reactive ketones (excluding diaryl/α,β-unsaturated/α-hetero) is 1. The average molecular weight is 302 g/mol. The maximum atomic E-state index is 12.3. The van der Waals surface area contributed by atoms with Gasteiger partial charge in [-0.15, -0.1) is 0 Å². The highest BCUT2D eigenvalue weighted by Gasteiger charge is 2.38. The number of aliphatic hydroxyl groups excluding tert-OH is 1. The number of para-hydroxylation sites is 1. The Balaban J connectivity index is 2.07. The molecule has 0 unspecified atom stereocenters. The molecule has 0 spiro atoms. The summed E-state index contributed by atoms with van der Waals surface area (Å²) in [5.41, 5.74) is 0.374. The van der Waals surface area contributed by atoms with E-state index in [0.717, 1.165) is 0 Å². The van der Waals surface area contributed by atoms with Gasteiger partial charge in [-0.2, -0.15) is 0 Å². The Morgan fingerprint density at radius 3 is 2.68 bits per heavy atom. The lowest BCUT2D eigenvalue weighted by Crippen LogP contribution is -2.36. The number of phenolic OH excluding ortho intramolecular Hbond substituents is 2. The van der Waals surface area contributed by atoms with E-state index in [1.165, 1.54) is 37.4 Å². The summed E-state index contributed by atoms with van der Waals surface area (Å²) in [5.74, 6) is -0.538. The number of carbonyl (C=O) groups is 1. The zero-order chi connectivity index (χ0) is 15.9. The SMILES string of the molecule is COc1ccc2c(c1)O[C@H](c1cccc(O)c1O)[C@@H](O)C2=O. The number of aromatic hydroxyl groups is 2. The van der Waals surface area contributed by atoms with Crippen molar-refractivity contribution < 1.29 is 29.6 Å². The number of benzene rings is 2. The summed E-state index contributed by atoms with van der Waals surface area (Å²) in [6.07, 6.45) is -2.59. The van der Waals surface area contributed by atoms with Crippen molar-refractivity contribution in [1.82, 2.24) is 0 Å². The van der Waals surface area contributed by atoms with Crippen molar-refractivity contribution in [3.8, 4) is 23.0 Å². The molecule has 0 aromatic heterocycles. The van der Waals surface area contributed by atoms with Gasteiger partial charge in [-0.25, -0.2) is 0 Å². The summed E-state index contributed by atoms with van der Waals surface area (Å²) in [4.78, 5) is 12.3. The second-order valence-electron chi connectivity index (χ2n) is 4.92. The summed E-state index contributed by atoms with van der Waals surface area (Å²) in [5, 5.41) is 29.7. The van der Waals surface area contributed by atoms with Crippen molar-refractivity contribution in [3.05, 3.63) is 47.5 Å². The quantitative estimate of drug-likeness (QED) is 0.732. The molecular weight excluding hydrogens is 288 g/mol. The van der Waals surface area contributed by atoms with Crippen molar-refractivity contribution in [2.24, 2.45) is 0 Å². The number of ether oxygens (including phenoxy) is 2. The van der Waals surface area contributed by atoms with Gasteiger partial charge < -0.3 is 24.8 Å². The predicted octanol–water partition coefficient (Wildman–Crippen LogP) is 1.78. The molecule has 1 aliphatic heterocycles. The first-order valence-electron chi connectivity index (χ1n) is 6.60. The second-order valence-corrected chi connectivity index (χ2v) is 4.92. The number of fused-ring (bicyclic) bond motifs is 1. The van der Waals surface area contributed by atoms with Gasteiger partial charge in [0.25, 0.3) is 0 Å². The number of hydrogen-bond donors (Lipinski definition) is 3. The maximum absolute atomic E-state index is 12.3. The van der Waals surface area contributed by atoms with Crippen molar-refractivity contribution in [2.45, 2.75) is 12.2 Å². The molecule has 0 fully saturated rings. The second kappa shape index (κ2) is 5.23. The van der Waals surface area contributed by atoms with Crippen LogP contribution in [0.15, 0.2) is 36.4 Å². The molecule has 3 rings (SSSR count). The minimum atomic E-state index is -1.48. The van der Waals surface area contributed by atoms with E-state index in [1.54, 1.807) is 6.07 Å². The van der Waals surface area contributed by atoms with Crippen LogP contribution in [0.3, 0.4) is 0 Å². The van der Waals surface area contributed by atoms with E-state index < -0.39 is 23.7 Å². The van der Waals surface area contributed by atoms with Crippen molar-refractivity contribution in [3.63, 3.8) is 0 Å². The Morgan fingerprint density at radius 2 is 1.95 bits per heavy atom. The molecule has 1 heterocycles.